The van der Waals surface area contributed by atoms with Crippen molar-refractivity contribution < 1.29 is 14.8 Å². The molecule has 1 heterocycles. The predicted octanol–water partition coefficient (Wildman–Crippen LogP) is 1.44. The van der Waals surface area contributed by atoms with Crippen LogP contribution in [0.25, 0.3) is 0 Å². The first-order valence-corrected chi connectivity index (χ1v) is 6.81. The number of nitro benzene ring substituents is 1. The largest absolute Gasteiger partial charge is 0.394 e. The first-order valence-electron chi connectivity index (χ1n) is 6.81. The topological polar surface area (TPSA) is 99.6 Å². The number of rotatable bonds is 5. The van der Waals surface area contributed by atoms with Gasteiger partial charge in [-0.05, 0) is 25.0 Å². The van der Waals surface area contributed by atoms with E-state index >= 15 is 0 Å². The normalized spacial score (nSPS) is 15.7. The van der Waals surface area contributed by atoms with Crippen molar-refractivity contribution in [3.05, 3.63) is 33.9 Å². The van der Waals surface area contributed by atoms with Crippen molar-refractivity contribution in [3.63, 3.8) is 0 Å². The monoisotopic (exact) mass is 291 g/mol. The second-order valence-electron chi connectivity index (χ2n) is 4.85. The second-order valence-corrected chi connectivity index (χ2v) is 4.85. The molecule has 1 N–H and O–H groups in total. The third kappa shape index (κ3) is 3.68. The molecular weight excluding hydrogens is 274 g/mol. The van der Waals surface area contributed by atoms with Crippen LogP contribution in [0.4, 0.5) is 11.4 Å². The van der Waals surface area contributed by atoms with Crippen LogP contribution in [0.2, 0.25) is 0 Å². The summed E-state index contributed by atoms with van der Waals surface area (Å²) in [4.78, 5) is 12.6. The summed E-state index contributed by atoms with van der Waals surface area (Å²) in [5.74, 6) is 0. The van der Waals surface area contributed by atoms with Crippen LogP contribution in [0.3, 0.4) is 0 Å². The fourth-order valence-electron chi connectivity index (χ4n) is 2.48. The van der Waals surface area contributed by atoms with E-state index in [4.69, 9.17) is 15.1 Å². The molecule has 0 atom stereocenters. The number of anilines is 1. The van der Waals surface area contributed by atoms with E-state index < -0.39 is 4.92 Å². The van der Waals surface area contributed by atoms with Crippen LogP contribution < -0.4 is 4.90 Å². The highest BCUT2D eigenvalue weighted by Gasteiger charge is 2.25. The molecule has 1 aliphatic rings. The van der Waals surface area contributed by atoms with E-state index in [0.29, 0.717) is 30.9 Å². The van der Waals surface area contributed by atoms with Crippen LogP contribution in [0, 0.1) is 21.4 Å². The highest BCUT2D eigenvalue weighted by molar-refractivity contribution is 5.66. The van der Waals surface area contributed by atoms with Gasteiger partial charge in [0.25, 0.3) is 5.69 Å². The molecule has 1 aliphatic heterocycles. The van der Waals surface area contributed by atoms with Crippen molar-refractivity contribution in [1.82, 2.24) is 0 Å². The number of aliphatic hydroxyl groups is 1. The third-order valence-electron chi connectivity index (χ3n) is 3.53. The molecule has 1 fully saturated rings. The molecule has 0 aromatic heterocycles. The minimum atomic E-state index is -0.426. The van der Waals surface area contributed by atoms with Gasteiger partial charge >= 0.3 is 0 Å². The number of nitriles is 1. The van der Waals surface area contributed by atoms with Gasteiger partial charge in [0.15, 0.2) is 0 Å². The molecule has 7 heteroatoms. The molecule has 0 spiro atoms. The molecule has 7 nitrogen and oxygen atoms in total. The molecule has 0 unspecified atom stereocenters. The zero-order valence-electron chi connectivity index (χ0n) is 11.6. The Morgan fingerprint density at radius 2 is 2.19 bits per heavy atom. The summed E-state index contributed by atoms with van der Waals surface area (Å²) in [5.41, 5.74) is 0.914. The minimum Gasteiger partial charge on any atom is -0.394 e. The standard InChI is InChI=1S/C14H17N3O4/c15-10-11-1-2-13(17(19)20)14(9-11)16-5-3-12(4-6-16)21-8-7-18/h1-2,9,12,18H,3-8H2. The van der Waals surface area contributed by atoms with Crippen LogP contribution in [-0.2, 0) is 4.74 Å². The third-order valence-corrected chi connectivity index (χ3v) is 3.53. The Morgan fingerprint density at radius 3 is 2.76 bits per heavy atom. The number of nitrogens with zero attached hydrogens (tertiary/aromatic N) is 3. The number of hydrogen-bond donors (Lipinski definition) is 1. The van der Waals surface area contributed by atoms with Crippen molar-refractivity contribution in [2.75, 3.05) is 31.2 Å². The molecule has 0 saturated carbocycles. The van der Waals surface area contributed by atoms with E-state index in [0.717, 1.165) is 12.8 Å². The highest BCUT2D eigenvalue weighted by atomic mass is 16.6. The summed E-state index contributed by atoms with van der Waals surface area (Å²) in [6, 6.07) is 6.40. The van der Waals surface area contributed by atoms with E-state index in [2.05, 4.69) is 0 Å². The van der Waals surface area contributed by atoms with E-state index in [-0.39, 0.29) is 18.4 Å². The fraction of sp³-hybridized carbons (Fsp3) is 0.500. The van der Waals surface area contributed by atoms with Gasteiger partial charge in [0.1, 0.15) is 5.69 Å². The Bertz CT molecular complexity index is 548. The van der Waals surface area contributed by atoms with E-state index in [1.54, 1.807) is 6.07 Å². The summed E-state index contributed by atoms with van der Waals surface area (Å²) in [7, 11) is 0. The van der Waals surface area contributed by atoms with E-state index in [1.807, 2.05) is 11.0 Å². The fourth-order valence-corrected chi connectivity index (χ4v) is 2.48. The van der Waals surface area contributed by atoms with Crippen LogP contribution >= 0.6 is 0 Å². The smallest absolute Gasteiger partial charge is 0.292 e. The lowest BCUT2D eigenvalue weighted by atomic mass is 10.1. The van der Waals surface area contributed by atoms with Crippen LogP contribution in [0.1, 0.15) is 18.4 Å². The lowest BCUT2D eigenvalue weighted by Gasteiger charge is -2.33. The number of hydrogen-bond acceptors (Lipinski definition) is 6. The predicted molar refractivity (Wildman–Crippen MR) is 76.1 cm³/mol. The Balaban J connectivity index is 2.12. The first-order chi connectivity index (χ1) is 10.2. The molecule has 112 valence electrons. The quantitative estimate of drug-likeness (QED) is 0.651. The maximum absolute atomic E-state index is 11.1. The number of aliphatic hydroxyl groups excluding tert-OH is 1. The summed E-state index contributed by atoms with van der Waals surface area (Å²) >= 11 is 0. The zero-order chi connectivity index (χ0) is 15.2. The summed E-state index contributed by atoms with van der Waals surface area (Å²) in [6.45, 7) is 1.57. The Hall–Kier alpha value is -2.17. The van der Waals surface area contributed by atoms with Gasteiger partial charge in [-0.25, -0.2) is 0 Å². The molecule has 0 radical (unpaired) electrons. The van der Waals surface area contributed by atoms with Gasteiger partial charge in [0, 0.05) is 19.2 Å². The maximum atomic E-state index is 11.1. The van der Waals surface area contributed by atoms with Gasteiger partial charge in [-0.3, -0.25) is 10.1 Å². The summed E-state index contributed by atoms with van der Waals surface area (Å²) in [5, 5.41) is 28.8. The van der Waals surface area contributed by atoms with Gasteiger partial charge in [-0.2, -0.15) is 5.26 Å². The SMILES string of the molecule is N#Cc1ccc([N+](=O)[O-])c(N2CCC(OCCO)CC2)c1. The van der Waals surface area contributed by atoms with Crippen LogP contribution in [0.5, 0.6) is 0 Å². The molecule has 1 aromatic rings. The summed E-state index contributed by atoms with van der Waals surface area (Å²) < 4.78 is 5.48. The average molecular weight is 291 g/mol. The molecule has 1 aromatic carbocycles. The van der Waals surface area contributed by atoms with Gasteiger partial charge in [-0.1, -0.05) is 0 Å². The van der Waals surface area contributed by atoms with Crippen molar-refractivity contribution in [2.45, 2.75) is 18.9 Å². The second kappa shape index (κ2) is 7.02. The molecule has 21 heavy (non-hydrogen) atoms. The Kier molecular flexibility index (Phi) is 5.09. The van der Waals surface area contributed by atoms with Gasteiger partial charge in [0.05, 0.1) is 35.9 Å². The van der Waals surface area contributed by atoms with Crippen molar-refractivity contribution in [2.24, 2.45) is 0 Å². The Morgan fingerprint density at radius 1 is 1.48 bits per heavy atom. The molecule has 1 saturated heterocycles. The molecule has 0 aliphatic carbocycles. The van der Waals surface area contributed by atoms with Gasteiger partial charge in [0.2, 0.25) is 0 Å². The average Bonchev–Trinajstić information content (AvgIpc) is 2.52. The minimum absolute atomic E-state index is 0.00407. The van der Waals surface area contributed by atoms with Crippen LogP contribution in [-0.4, -0.2) is 42.4 Å². The van der Waals surface area contributed by atoms with E-state index in [1.165, 1.54) is 12.1 Å². The van der Waals surface area contributed by atoms with Crippen molar-refractivity contribution in [1.29, 1.82) is 5.26 Å². The van der Waals surface area contributed by atoms with E-state index in [9.17, 15) is 10.1 Å². The lowest BCUT2D eigenvalue weighted by Crippen LogP contribution is -2.37. The number of benzene rings is 1. The zero-order valence-corrected chi connectivity index (χ0v) is 11.6. The van der Waals surface area contributed by atoms with Crippen molar-refractivity contribution >= 4 is 11.4 Å². The van der Waals surface area contributed by atoms with Gasteiger partial charge in [-0.15, -0.1) is 0 Å². The summed E-state index contributed by atoms with van der Waals surface area (Å²) in [6.07, 6.45) is 1.56. The molecule has 0 amide bonds. The molecule has 0 bridgehead atoms. The van der Waals surface area contributed by atoms with Crippen LogP contribution in [0.15, 0.2) is 18.2 Å². The highest BCUT2D eigenvalue weighted by Crippen LogP contribution is 2.31. The first kappa shape index (κ1) is 15.2. The molecule has 2 rings (SSSR count). The maximum Gasteiger partial charge on any atom is 0.292 e. The van der Waals surface area contributed by atoms with Gasteiger partial charge < -0.3 is 14.7 Å². The number of nitro groups is 1. The molecular formula is C14H17N3O4. The Labute approximate surface area is 122 Å². The number of ether oxygens (including phenoxy) is 1. The number of piperidine rings is 1. The van der Waals surface area contributed by atoms with Crippen molar-refractivity contribution in [3.8, 4) is 6.07 Å². The lowest BCUT2D eigenvalue weighted by molar-refractivity contribution is -0.384.